The minimum absolute atomic E-state index is 0.170. The zero-order chi connectivity index (χ0) is 13.3. The van der Waals surface area contributed by atoms with Gasteiger partial charge in [-0.3, -0.25) is 4.79 Å². The minimum Gasteiger partial charge on any atom is -0.481 e. The molecule has 0 unspecified atom stereocenters. The Hall–Kier alpha value is -1.29. The van der Waals surface area contributed by atoms with Gasteiger partial charge in [0.2, 0.25) is 0 Å². The van der Waals surface area contributed by atoms with Crippen molar-refractivity contribution in [2.24, 2.45) is 0 Å². The van der Waals surface area contributed by atoms with Gasteiger partial charge in [0.15, 0.2) is 0 Å². The predicted octanol–water partition coefficient (Wildman–Crippen LogP) is 4.00. The Labute approximate surface area is 115 Å². The number of carboxylic acids is 1. The van der Waals surface area contributed by atoms with Crippen LogP contribution < -0.4 is 0 Å². The molecule has 1 aromatic heterocycles. The zero-order valence-electron chi connectivity index (χ0n) is 10.5. The molecule has 4 heteroatoms. The van der Waals surface area contributed by atoms with E-state index in [2.05, 4.69) is 46.6 Å². The lowest BCUT2D eigenvalue weighted by molar-refractivity contribution is -0.136. The molecule has 1 heterocycles. The van der Waals surface area contributed by atoms with Crippen LogP contribution in [0.5, 0.6) is 0 Å². The molecule has 0 spiro atoms. The average molecular weight is 310 g/mol. The topological polar surface area (TPSA) is 42.2 Å². The van der Waals surface area contributed by atoms with Gasteiger partial charge < -0.3 is 9.67 Å². The normalized spacial score (nSPS) is 11.3. The molecule has 0 saturated heterocycles. The molecular formula is C14H16BrNO2. The molecule has 2 aromatic rings. The largest absolute Gasteiger partial charge is 0.481 e. The lowest BCUT2D eigenvalue weighted by Crippen LogP contribution is -1.99. The molecule has 0 aliphatic rings. The maximum Gasteiger partial charge on any atom is 0.303 e. The molecule has 0 bridgehead atoms. The predicted molar refractivity (Wildman–Crippen MR) is 76.0 cm³/mol. The Morgan fingerprint density at radius 1 is 1.44 bits per heavy atom. The molecule has 1 N–H and O–H groups in total. The van der Waals surface area contributed by atoms with Crippen molar-refractivity contribution >= 4 is 32.8 Å². The standard InChI is InChI=1S/C14H16BrNO2/c1-9(2)16-8-10(6-7-13(17)18)11-4-3-5-12(15)14(11)16/h3-5,8-9H,6-7H2,1-2H3,(H,17,18). The van der Waals surface area contributed by atoms with E-state index >= 15 is 0 Å². The first-order chi connectivity index (χ1) is 8.50. The fraction of sp³-hybridized carbons (Fsp3) is 0.357. The van der Waals surface area contributed by atoms with E-state index in [1.165, 1.54) is 0 Å². The fourth-order valence-electron chi connectivity index (χ4n) is 2.19. The van der Waals surface area contributed by atoms with E-state index < -0.39 is 5.97 Å². The maximum absolute atomic E-state index is 10.7. The van der Waals surface area contributed by atoms with Crippen LogP contribution in [0.3, 0.4) is 0 Å². The lowest BCUT2D eigenvalue weighted by atomic mass is 10.1. The Balaban J connectivity index is 2.54. The molecule has 2 rings (SSSR count). The minimum atomic E-state index is -0.754. The van der Waals surface area contributed by atoms with Gasteiger partial charge in [-0.05, 0) is 47.8 Å². The third-order valence-electron chi connectivity index (χ3n) is 3.05. The van der Waals surface area contributed by atoms with E-state index in [9.17, 15) is 4.79 Å². The van der Waals surface area contributed by atoms with Crippen LogP contribution in [0.4, 0.5) is 0 Å². The number of aliphatic carboxylic acids is 1. The first-order valence-corrected chi connectivity index (χ1v) is 6.79. The summed E-state index contributed by atoms with van der Waals surface area (Å²) in [5.74, 6) is -0.754. The van der Waals surface area contributed by atoms with Gasteiger partial charge in [-0.1, -0.05) is 12.1 Å². The van der Waals surface area contributed by atoms with Crippen LogP contribution in [-0.2, 0) is 11.2 Å². The van der Waals surface area contributed by atoms with E-state index in [4.69, 9.17) is 5.11 Å². The number of fused-ring (bicyclic) bond motifs is 1. The van der Waals surface area contributed by atoms with E-state index in [1.807, 2.05) is 12.1 Å². The summed E-state index contributed by atoms with van der Waals surface area (Å²) in [6, 6.07) is 6.41. The Morgan fingerprint density at radius 2 is 2.17 bits per heavy atom. The monoisotopic (exact) mass is 309 g/mol. The highest BCUT2D eigenvalue weighted by atomic mass is 79.9. The summed E-state index contributed by atoms with van der Waals surface area (Å²) < 4.78 is 3.24. The van der Waals surface area contributed by atoms with Crippen molar-refractivity contribution in [2.75, 3.05) is 0 Å². The molecule has 0 radical (unpaired) electrons. The maximum atomic E-state index is 10.7. The number of para-hydroxylation sites is 1. The number of benzene rings is 1. The molecule has 96 valence electrons. The van der Waals surface area contributed by atoms with Gasteiger partial charge in [0.1, 0.15) is 0 Å². The van der Waals surface area contributed by atoms with Crippen LogP contribution >= 0.6 is 15.9 Å². The number of hydrogen-bond donors (Lipinski definition) is 1. The van der Waals surface area contributed by atoms with Crippen molar-refractivity contribution in [1.29, 1.82) is 0 Å². The summed E-state index contributed by atoms with van der Waals surface area (Å²) in [4.78, 5) is 10.7. The second-order valence-electron chi connectivity index (χ2n) is 4.69. The average Bonchev–Trinajstić information content (AvgIpc) is 2.67. The highest BCUT2D eigenvalue weighted by Gasteiger charge is 2.13. The molecule has 0 amide bonds. The fourth-order valence-corrected chi connectivity index (χ4v) is 2.76. The summed E-state index contributed by atoms with van der Waals surface area (Å²) >= 11 is 3.57. The van der Waals surface area contributed by atoms with Gasteiger partial charge in [-0.15, -0.1) is 0 Å². The van der Waals surface area contributed by atoms with Gasteiger partial charge in [0.05, 0.1) is 5.52 Å². The molecule has 0 aliphatic carbocycles. The quantitative estimate of drug-likeness (QED) is 0.927. The number of halogens is 1. The van der Waals surface area contributed by atoms with Crippen molar-refractivity contribution < 1.29 is 9.90 Å². The Bertz CT molecular complexity index is 587. The molecule has 0 aliphatic heterocycles. The van der Waals surface area contributed by atoms with E-state index in [0.717, 1.165) is 20.9 Å². The van der Waals surface area contributed by atoms with Crippen LogP contribution in [0.25, 0.3) is 10.9 Å². The van der Waals surface area contributed by atoms with Crippen LogP contribution in [-0.4, -0.2) is 15.6 Å². The van der Waals surface area contributed by atoms with E-state index in [0.29, 0.717) is 12.5 Å². The summed E-state index contributed by atoms with van der Waals surface area (Å²) in [5, 5.41) is 9.94. The second-order valence-corrected chi connectivity index (χ2v) is 5.54. The highest BCUT2D eigenvalue weighted by molar-refractivity contribution is 9.10. The lowest BCUT2D eigenvalue weighted by Gasteiger charge is -2.10. The first-order valence-electron chi connectivity index (χ1n) is 6.00. The summed E-state index contributed by atoms with van der Waals surface area (Å²) in [7, 11) is 0. The van der Waals surface area contributed by atoms with Crippen LogP contribution in [0, 0.1) is 0 Å². The number of carboxylic acid groups (broad SMARTS) is 1. The molecule has 0 atom stereocenters. The third kappa shape index (κ3) is 2.43. The summed E-state index contributed by atoms with van der Waals surface area (Å²) in [6.45, 7) is 4.25. The first kappa shape index (κ1) is 13.1. The number of nitrogens with zero attached hydrogens (tertiary/aromatic N) is 1. The number of hydrogen-bond acceptors (Lipinski definition) is 1. The van der Waals surface area contributed by atoms with Gasteiger partial charge >= 0.3 is 5.97 Å². The van der Waals surface area contributed by atoms with Crippen LogP contribution in [0.2, 0.25) is 0 Å². The number of aryl methyl sites for hydroxylation is 1. The van der Waals surface area contributed by atoms with E-state index in [-0.39, 0.29) is 6.42 Å². The van der Waals surface area contributed by atoms with Crippen molar-refractivity contribution in [3.63, 3.8) is 0 Å². The molecule has 3 nitrogen and oxygen atoms in total. The highest BCUT2D eigenvalue weighted by Crippen LogP contribution is 2.31. The molecule has 0 saturated carbocycles. The molecule has 18 heavy (non-hydrogen) atoms. The van der Waals surface area contributed by atoms with Crippen molar-refractivity contribution in [3.8, 4) is 0 Å². The summed E-state index contributed by atoms with van der Waals surface area (Å²) in [5.41, 5.74) is 2.25. The number of rotatable bonds is 4. The Kier molecular flexibility index (Phi) is 3.76. The van der Waals surface area contributed by atoms with Gasteiger partial charge in [-0.25, -0.2) is 0 Å². The van der Waals surface area contributed by atoms with Crippen molar-refractivity contribution in [3.05, 3.63) is 34.4 Å². The Morgan fingerprint density at radius 3 is 2.78 bits per heavy atom. The van der Waals surface area contributed by atoms with Gasteiger partial charge in [-0.2, -0.15) is 0 Å². The number of aromatic nitrogens is 1. The zero-order valence-corrected chi connectivity index (χ0v) is 12.1. The van der Waals surface area contributed by atoms with E-state index in [1.54, 1.807) is 0 Å². The third-order valence-corrected chi connectivity index (χ3v) is 3.69. The van der Waals surface area contributed by atoms with Crippen molar-refractivity contribution in [1.82, 2.24) is 4.57 Å². The number of carbonyl (C=O) groups is 1. The molecule has 0 fully saturated rings. The SMILES string of the molecule is CC(C)n1cc(CCC(=O)O)c2cccc(Br)c21. The van der Waals surface area contributed by atoms with Crippen molar-refractivity contribution in [2.45, 2.75) is 32.7 Å². The van der Waals surface area contributed by atoms with Gasteiger partial charge in [0, 0.05) is 28.5 Å². The van der Waals surface area contributed by atoms with Crippen LogP contribution in [0.15, 0.2) is 28.9 Å². The molecular weight excluding hydrogens is 294 g/mol. The molecule has 1 aromatic carbocycles. The summed E-state index contributed by atoms with van der Waals surface area (Å²) in [6.07, 6.45) is 2.81. The van der Waals surface area contributed by atoms with Gasteiger partial charge in [0.25, 0.3) is 0 Å². The smallest absolute Gasteiger partial charge is 0.303 e. The second kappa shape index (κ2) is 5.14. The van der Waals surface area contributed by atoms with Crippen LogP contribution in [0.1, 0.15) is 31.9 Å².